The molecule has 1 aromatic heterocycles. The third kappa shape index (κ3) is 3.99. The summed E-state index contributed by atoms with van der Waals surface area (Å²) in [7, 11) is 3.72. The quantitative estimate of drug-likeness (QED) is 0.496. The van der Waals surface area contributed by atoms with Crippen molar-refractivity contribution in [3.05, 3.63) is 17.2 Å². The lowest BCUT2D eigenvalue weighted by molar-refractivity contribution is -0.130. The van der Waals surface area contributed by atoms with Crippen LogP contribution < -0.4 is 0 Å². The summed E-state index contributed by atoms with van der Waals surface area (Å²) in [6.07, 6.45) is 3.94. The third-order valence-electron chi connectivity index (χ3n) is 1.81. The molecule has 1 N–H and O–H groups in total. The van der Waals surface area contributed by atoms with Gasteiger partial charge in [0.25, 0.3) is 0 Å². The van der Waals surface area contributed by atoms with Crippen molar-refractivity contribution in [3.63, 3.8) is 0 Å². The second-order valence-electron chi connectivity index (χ2n) is 3.55. The molecule has 17 heavy (non-hydrogen) atoms. The number of allylic oxidation sites excluding steroid dienone is 1. The minimum Gasteiger partial charge on any atom is -0.478 e. The molecule has 1 rings (SSSR count). The van der Waals surface area contributed by atoms with Crippen LogP contribution in [0.1, 0.15) is 19.0 Å². The van der Waals surface area contributed by atoms with Crippen LogP contribution in [0, 0.1) is 0 Å². The van der Waals surface area contributed by atoms with Gasteiger partial charge in [0.2, 0.25) is 5.13 Å². The van der Waals surface area contributed by atoms with Crippen LogP contribution in [0.25, 0.3) is 5.57 Å². The predicted molar refractivity (Wildman–Crippen MR) is 69.9 cm³/mol. The monoisotopic (exact) mass is 253 g/mol. The van der Waals surface area contributed by atoms with E-state index in [1.165, 1.54) is 11.3 Å². The van der Waals surface area contributed by atoms with Gasteiger partial charge in [-0.2, -0.15) is 0 Å². The van der Waals surface area contributed by atoms with Gasteiger partial charge in [0.1, 0.15) is 0 Å². The molecule has 1 aromatic rings. The number of carboxylic acids is 1. The molecule has 0 unspecified atom stereocenters. The van der Waals surface area contributed by atoms with Crippen LogP contribution in [0.2, 0.25) is 0 Å². The van der Waals surface area contributed by atoms with E-state index in [-0.39, 0.29) is 5.57 Å². The largest absolute Gasteiger partial charge is 0.478 e. The zero-order valence-corrected chi connectivity index (χ0v) is 10.9. The molecule has 0 atom stereocenters. The highest BCUT2D eigenvalue weighted by Crippen LogP contribution is 2.24. The van der Waals surface area contributed by atoms with Crippen LogP contribution in [-0.4, -0.2) is 41.4 Å². The van der Waals surface area contributed by atoms with Gasteiger partial charge in [0.15, 0.2) is 0 Å². The van der Waals surface area contributed by atoms with Crippen molar-refractivity contribution in [2.75, 3.05) is 14.1 Å². The lowest BCUT2D eigenvalue weighted by Gasteiger charge is -2.00. The Hall–Kier alpha value is -1.69. The summed E-state index contributed by atoms with van der Waals surface area (Å²) in [4.78, 5) is 21.1. The predicted octanol–water partition coefficient (Wildman–Crippen LogP) is 2.24. The Labute approximate surface area is 104 Å². The topological polar surface area (TPSA) is 65.8 Å². The number of thiazole rings is 1. The molecule has 0 amide bonds. The summed E-state index contributed by atoms with van der Waals surface area (Å²) in [5, 5.41) is 11.3. The lowest BCUT2D eigenvalue weighted by Crippen LogP contribution is -2.06. The van der Waals surface area contributed by atoms with Crippen LogP contribution in [-0.2, 0) is 4.79 Å². The van der Waals surface area contributed by atoms with Crippen molar-refractivity contribution in [2.24, 2.45) is 4.99 Å². The first-order valence-electron chi connectivity index (χ1n) is 5.14. The average molecular weight is 253 g/mol. The summed E-state index contributed by atoms with van der Waals surface area (Å²) >= 11 is 1.32. The fraction of sp³-hybridized carbons (Fsp3) is 0.364. The summed E-state index contributed by atoms with van der Waals surface area (Å²) in [5.74, 6) is -0.958. The third-order valence-corrected chi connectivity index (χ3v) is 2.55. The number of carboxylic acid groups (broad SMARTS) is 1. The van der Waals surface area contributed by atoms with Gasteiger partial charge in [-0.1, -0.05) is 13.0 Å². The van der Waals surface area contributed by atoms with E-state index in [4.69, 9.17) is 5.11 Å². The first-order valence-corrected chi connectivity index (χ1v) is 6.02. The summed E-state index contributed by atoms with van der Waals surface area (Å²) in [6.45, 7) is 1.89. The number of rotatable bonds is 5. The van der Waals surface area contributed by atoms with Crippen LogP contribution in [0.5, 0.6) is 0 Å². The number of nitrogens with zero attached hydrogens (tertiary/aromatic N) is 3. The molecule has 0 aromatic carbocycles. The summed E-state index contributed by atoms with van der Waals surface area (Å²) in [6, 6.07) is 0. The van der Waals surface area contributed by atoms with Gasteiger partial charge in [-0.05, 0) is 6.42 Å². The van der Waals surface area contributed by atoms with E-state index in [0.29, 0.717) is 17.2 Å². The molecule has 0 aliphatic carbocycles. The molecule has 0 saturated heterocycles. The van der Waals surface area contributed by atoms with Crippen LogP contribution in [0.15, 0.2) is 16.4 Å². The van der Waals surface area contributed by atoms with Gasteiger partial charge in [-0.3, -0.25) is 0 Å². The van der Waals surface area contributed by atoms with Crippen molar-refractivity contribution >= 4 is 34.3 Å². The van der Waals surface area contributed by atoms with Crippen molar-refractivity contribution < 1.29 is 9.90 Å². The van der Waals surface area contributed by atoms with E-state index in [9.17, 15) is 4.79 Å². The Morgan fingerprint density at radius 2 is 2.35 bits per heavy atom. The number of aliphatic carboxylic acids is 1. The maximum Gasteiger partial charge on any atom is 0.337 e. The Kier molecular flexibility index (Phi) is 4.84. The normalized spacial score (nSPS) is 12.1. The molecule has 0 saturated carbocycles. The second-order valence-corrected chi connectivity index (χ2v) is 4.39. The van der Waals surface area contributed by atoms with Crippen molar-refractivity contribution in [1.82, 2.24) is 9.88 Å². The first kappa shape index (κ1) is 13.4. The molecular weight excluding hydrogens is 238 g/mol. The standard InChI is InChI=1S/C11H15N3O2S/c1-4-5-8(10(15)16)9-6-17-11(13-9)12-7-14(2)3/h5-7H,4H2,1-3H3,(H,15,16). The minimum atomic E-state index is -0.958. The Bertz CT molecular complexity index is 449. The van der Waals surface area contributed by atoms with Crippen molar-refractivity contribution in [2.45, 2.75) is 13.3 Å². The molecule has 6 heteroatoms. The molecule has 0 aliphatic heterocycles. The Morgan fingerprint density at radius 3 is 2.88 bits per heavy atom. The zero-order valence-electron chi connectivity index (χ0n) is 10.0. The van der Waals surface area contributed by atoms with Gasteiger partial charge in [0.05, 0.1) is 17.6 Å². The maximum atomic E-state index is 11.0. The molecule has 0 bridgehead atoms. The number of aromatic nitrogens is 1. The smallest absolute Gasteiger partial charge is 0.337 e. The van der Waals surface area contributed by atoms with Crippen molar-refractivity contribution in [1.29, 1.82) is 0 Å². The molecule has 0 spiro atoms. The van der Waals surface area contributed by atoms with Crippen molar-refractivity contribution in [3.8, 4) is 0 Å². The number of hydrogen-bond acceptors (Lipinski definition) is 4. The number of aliphatic imine (C=N–C) groups is 1. The van der Waals surface area contributed by atoms with E-state index >= 15 is 0 Å². The van der Waals surface area contributed by atoms with E-state index in [0.717, 1.165) is 0 Å². The average Bonchev–Trinajstić information content (AvgIpc) is 2.71. The first-order chi connectivity index (χ1) is 8.04. The molecule has 92 valence electrons. The molecular formula is C11H15N3O2S. The number of carbonyl (C=O) groups is 1. The van der Waals surface area contributed by atoms with Gasteiger partial charge in [-0.25, -0.2) is 14.8 Å². The van der Waals surface area contributed by atoms with Gasteiger partial charge >= 0.3 is 5.97 Å². The van der Waals surface area contributed by atoms with Gasteiger partial charge in [0, 0.05) is 19.5 Å². The second kappa shape index (κ2) is 6.15. The van der Waals surface area contributed by atoms with E-state index in [2.05, 4.69) is 9.98 Å². The van der Waals surface area contributed by atoms with E-state index in [1.807, 2.05) is 21.0 Å². The summed E-state index contributed by atoms with van der Waals surface area (Å²) < 4.78 is 0. The van der Waals surface area contributed by atoms with E-state index in [1.54, 1.807) is 22.7 Å². The molecule has 5 nitrogen and oxygen atoms in total. The van der Waals surface area contributed by atoms with Gasteiger partial charge < -0.3 is 10.0 Å². The van der Waals surface area contributed by atoms with E-state index < -0.39 is 5.97 Å². The highest BCUT2D eigenvalue weighted by molar-refractivity contribution is 7.13. The lowest BCUT2D eigenvalue weighted by atomic mass is 10.2. The molecule has 0 aliphatic rings. The molecule has 0 radical (unpaired) electrons. The van der Waals surface area contributed by atoms with Gasteiger partial charge in [-0.15, -0.1) is 11.3 Å². The number of hydrogen-bond donors (Lipinski definition) is 1. The maximum absolute atomic E-state index is 11.0. The Balaban J connectivity index is 2.93. The van der Waals surface area contributed by atoms with Crippen LogP contribution in [0.4, 0.5) is 5.13 Å². The molecule has 1 heterocycles. The van der Waals surface area contributed by atoms with Crippen LogP contribution in [0.3, 0.4) is 0 Å². The minimum absolute atomic E-state index is 0.232. The zero-order chi connectivity index (χ0) is 12.8. The fourth-order valence-corrected chi connectivity index (χ4v) is 1.77. The SMILES string of the molecule is CCC=C(C(=O)O)c1csc(N=CN(C)C)n1. The summed E-state index contributed by atoms with van der Waals surface area (Å²) in [5.41, 5.74) is 0.699. The highest BCUT2D eigenvalue weighted by atomic mass is 32.1. The fourth-order valence-electron chi connectivity index (χ4n) is 1.12. The highest BCUT2D eigenvalue weighted by Gasteiger charge is 2.13. The molecule has 0 fully saturated rings. The van der Waals surface area contributed by atoms with Crippen LogP contribution >= 0.6 is 11.3 Å². The Morgan fingerprint density at radius 1 is 1.65 bits per heavy atom.